The first-order valence-corrected chi connectivity index (χ1v) is 9.27. The van der Waals surface area contributed by atoms with E-state index in [1.165, 1.54) is 12.8 Å². The highest BCUT2D eigenvalue weighted by atomic mass is 16.2. The van der Waals surface area contributed by atoms with E-state index in [1.54, 1.807) is 10.7 Å². The van der Waals surface area contributed by atoms with Gasteiger partial charge in [0.15, 0.2) is 0 Å². The summed E-state index contributed by atoms with van der Waals surface area (Å²) < 4.78 is 1.66. The van der Waals surface area contributed by atoms with Gasteiger partial charge in [-0.2, -0.15) is 5.10 Å². The van der Waals surface area contributed by atoms with Crippen LogP contribution in [0.5, 0.6) is 0 Å². The third-order valence-corrected chi connectivity index (χ3v) is 5.45. The molecule has 1 aliphatic carbocycles. The molecular formula is C18H26N4O2. The Hall–Kier alpha value is -1.69. The number of carbonyl (C=O) groups is 1. The van der Waals surface area contributed by atoms with Gasteiger partial charge in [0.1, 0.15) is 0 Å². The van der Waals surface area contributed by atoms with E-state index in [0.29, 0.717) is 24.2 Å². The van der Waals surface area contributed by atoms with Crippen LogP contribution in [0.1, 0.15) is 43.7 Å². The molecule has 24 heavy (non-hydrogen) atoms. The predicted molar refractivity (Wildman–Crippen MR) is 90.8 cm³/mol. The van der Waals surface area contributed by atoms with Gasteiger partial charge in [0.05, 0.1) is 12.2 Å². The molecule has 0 spiro atoms. The molecule has 0 bridgehead atoms. The van der Waals surface area contributed by atoms with Crippen LogP contribution < -0.4 is 5.56 Å². The van der Waals surface area contributed by atoms with Gasteiger partial charge in [-0.25, -0.2) is 4.68 Å². The molecule has 2 aliphatic heterocycles. The van der Waals surface area contributed by atoms with Crippen LogP contribution in [0, 0.1) is 5.92 Å². The van der Waals surface area contributed by atoms with Gasteiger partial charge in [0.25, 0.3) is 5.56 Å². The Balaban J connectivity index is 1.24. The van der Waals surface area contributed by atoms with E-state index in [1.807, 2.05) is 11.0 Å². The number of amides is 1. The quantitative estimate of drug-likeness (QED) is 0.783. The maximum Gasteiger partial charge on any atom is 0.266 e. The van der Waals surface area contributed by atoms with Crippen molar-refractivity contribution >= 4 is 5.91 Å². The topological polar surface area (TPSA) is 58.4 Å². The van der Waals surface area contributed by atoms with Crippen LogP contribution in [0.3, 0.4) is 0 Å². The molecule has 0 aromatic carbocycles. The molecule has 3 heterocycles. The normalized spacial score (nSPS) is 22.7. The molecule has 130 valence electrons. The summed E-state index contributed by atoms with van der Waals surface area (Å²) in [5.74, 6) is 1.39. The van der Waals surface area contributed by atoms with Crippen molar-refractivity contribution in [2.75, 3.05) is 32.7 Å². The SMILES string of the molecule is O=C1CCCCN1CCN1CC(Cn2nc(C3CC3)ccc2=O)C1. The second kappa shape index (κ2) is 6.67. The highest BCUT2D eigenvalue weighted by molar-refractivity contribution is 5.76. The zero-order valence-electron chi connectivity index (χ0n) is 14.2. The Morgan fingerprint density at radius 3 is 2.67 bits per heavy atom. The van der Waals surface area contributed by atoms with Crippen molar-refractivity contribution in [1.29, 1.82) is 0 Å². The first-order chi connectivity index (χ1) is 11.7. The summed E-state index contributed by atoms with van der Waals surface area (Å²) in [6.45, 7) is 5.45. The number of carbonyl (C=O) groups excluding carboxylic acids is 1. The highest BCUT2D eigenvalue weighted by Crippen LogP contribution is 2.38. The molecule has 0 unspecified atom stereocenters. The fourth-order valence-electron chi connectivity index (χ4n) is 3.77. The fraction of sp³-hybridized carbons (Fsp3) is 0.722. The summed E-state index contributed by atoms with van der Waals surface area (Å²) >= 11 is 0. The third kappa shape index (κ3) is 3.53. The predicted octanol–water partition coefficient (Wildman–Crippen LogP) is 1.07. The lowest BCUT2D eigenvalue weighted by molar-refractivity contribution is -0.133. The summed E-state index contributed by atoms with van der Waals surface area (Å²) in [4.78, 5) is 28.2. The Bertz CT molecular complexity index is 661. The molecule has 0 radical (unpaired) electrons. The second-order valence-electron chi connectivity index (χ2n) is 7.52. The van der Waals surface area contributed by atoms with Crippen LogP contribution in [0.15, 0.2) is 16.9 Å². The lowest BCUT2D eigenvalue weighted by Gasteiger charge is -2.40. The van der Waals surface area contributed by atoms with Crippen LogP contribution in [0.4, 0.5) is 0 Å². The van der Waals surface area contributed by atoms with Gasteiger partial charge in [-0.1, -0.05) is 0 Å². The summed E-state index contributed by atoms with van der Waals surface area (Å²) in [6.07, 6.45) is 5.31. The van der Waals surface area contributed by atoms with Crippen LogP contribution in [0.2, 0.25) is 0 Å². The Morgan fingerprint density at radius 2 is 1.92 bits per heavy atom. The number of hydrogen-bond acceptors (Lipinski definition) is 4. The minimum atomic E-state index is 0.0109. The van der Waals surface area contributed by atoms with E-state index < -0.39 is 0 Å². The number of piperidine rings is 1. The van der Waals surface area contributed by atoms with E-state index in [9.17, 15) is 9.59 Å². The molecule has 0 N–H and O–H groups in total. The van der Waals surface area contributed by atoms with Gasteiger partial charge in [-0.05, 0) is 31.7 Å². The fourth-order valence-corrected chi connectivity index (χ4v) is 3.77. The van der Waals surface area contributed by atoms with Gasteiger partial charge < -0.3 is 9.80 Å². The number of hydrogen-bond donors (Lipinski definition) is 0. The van der Waals surface area contributed by atoms with Crippen molar-refractivity contribution in [2.45, 2.75) is 44.6 Å². The molecule has 0 atom stereocenters. The van der Waals surface area contributed by atoms with E-state index in [4.69, 9.17) is 0 Å². The van der Waals surface area contributed by atoms with Gasteiger partial charge in [0, 0.05) is 57.0 Å². The maximum absolute atomic E-state index is 12.0. The lowest BCUT2D eigenvalue weighted by Crippen LogP contribution is -2.52. The molecule has 3 aliphatic rings. The number of aromatic nitrogens is 2. The zero-order valence-corrected chi connectivity index (χ0v) is 14.2. The average Bonchev–Trinajstić information content (AvgIpc) is 3.37. The first kappa shape index (κ1) is 15.8. The van der Waals surface area contributed by atoms with E-state index >= 15 is 0 Å². The molecular weight excluding hydrogens is 304 g/mol. The average molecular weight is 330 g/mol. The molecule has 3 fully saturated rings. The number of nitrogens with zero attached hydrogens (tertiary/aromatic N) is 4. The van der Waals surface area contributed by atoms with Crippen molar-refractivity contribution in [3.8, 4) is 0 Å². The van der Waals surface area contributed by atoms with Crippen LogP contribution >= 0.6 is 0 Å². The summed E-state index contributed by atoms with van der Waals surface area (Å²) in [7, 11) is 0. The van der Waals surface area contributed by atoms with Gasteiger partial charge >= 0.3 is 0 Å². The maximum atomic E-state index is 12.0. The molecule has 6 heteroatoms. The minimum absolute atomic E-state index is 0.0109. The molecule has 6 nitrogen and oxygen atoms in total. The summed E-state index contributed by atoms with van der Waals surface area (Å²) in [6, 6.07) is 3.55. The largest absolute Gasteiger partial charge is 0.341 e. The molecule has 4 rings (SSSR count). The van der Waals surface area contributed by atoms with E-state index in [2.05, 4.69) is 10.00 Å². The van der Waals surface area contributed by atoms with Crippen molar-refractivity contribution in [3.05, 3.63) is 28.2 Å². The number of likely N-dealkylation sites (tertiary alicyclic amines) is 2. The van der Waals surface area contributed by atoms with Crippen LogP contribution in [0.25, 0.3) is 0 Å². The standard InChI is InChI=1S/C18H26N4O2/c23-17-3-1-2-8-21(17)10-9-20-11-14(12-20)13-22-18(24)7-6-16(19-22)15-4-5-15/h6-7,14-15H,1-5,8-13H2. The summed E-state index contributed by atoms with van der Waals surface area (Å²) in [5.41, 5.74) is 1.09. The van der Waals surface area contributed by atoms with E-state index in [0.717, 1.165) is 57.8 Å². The molecule has 2 saturated heterocycles. The monoisotopic (exact) mass is 330 g/mol. The van der Waals surface area contributed by atoms with Crippen molar-refractivity contribution in [2.24, 2.45) is 5.92 Å². The van der Waals surface area contributed by atoms with Crippen LogP contribution in [-0.4, -0.2) is 58.2 Å². The van der Waals surface area contributed by atoms with Crippen molar-refractivity contribution < 1.29 is 4.79 Å². The molecule has 1 aromatic rings. The second-order valence-corrected chi connectivity index (χ2v) is 7.52. The summed E-state index contributed by atoms with van der Waals surface area (Å²) in [5, 5.41) is 4.54. The van der Waals surface area contributed by atoms with Crippen molar-refractivity contribution in [3.63, 3.8) is 0 Å². The Morgan fingerprint density at radius 1 is 1.08 bits per heavy atom. The lowest BCUT2D eigenvalue weighted by atomic mass is 10.00. The van der Waals surface area contributed by atoms with Gasteiger partial charge in [-0.3, -0.25) is 9.59 Å². The minimum Gasteiger partial charge on any atom is -0.341 e. The first-order valence-electron chi connectivity index (χ1n) is 9.27. The number of rotatable bonds is 6. The van der Waals surface area contributed by atoms with Gasteiger partial charge in [0.2, 0.25) is 5.91 Å². The van der Waals surface area contributed by atoms with Crippen LogP contribution in [-0.2, 0) is 11.3 Å². The Kier molecular flexibility index (Phi) is 4.39. The third-order valence-electron chi connectivity index (χ3n) is 5.45. The highest BCUT2D eigenvalue weighted by Gasteiger charge is 2.29. The smallest absolute Gasteiger partial charge is 0.266 e. The molecule has 1 aromatic heterocycles. The Labute approximate surface area is 142 Å². The van der Waals surface area contributed by atoms with Crippen molar-refractivity contribution in [1.82, 2.24) is 19.6 Å². The molecule has 1 saturated carbocycles. The molecule has 1 amide bonds. The van der Waals surface area contributed by atoms with Gasteiger partial charge in [-0.15, -0.1) is 0 Å². The zero-order chi connectivity index (χ0) is 16.5. The van der Waals surface area contributed by atoms with E-state index in [-0.39, 0.29) is 5.56 Å².